The highest BCUT2D eigenvalue weighted by atomic mass is 16.3. The van der Waals surface area contributed by atoms with Gasteiger partial charge in [0.15, 0.2) is 0 Å². The number of phenols is 2. The maximum absolute atomic E-state index is 11.5. The average molecular weight is 292 g/mol. The van der Waals surface area contributed by atoms with E-state index in [0.717, 1.165) is 0 Å². The lowest BCUT2D eigenvalue weighted by Gasteiger charge is -2.30. The molecular formula is C19H16O3. The molecule has 0 aliphatic carbocycles. The highest BCUT2D eigenvalue weighted by Crippen LogP contribution is 2.40. The molecule has 110 valence electrons. The van der Waals surface area contributed by atoms with Crippen LogP contribution in [0.25, 0.3) is 0 Å². The summed E-state index contributed by atoms with van der Waals surface area (Å²) in [6.07, 6.45) is 0. The highest BCUT2D eigenvalue weighted by Gasteiger charge is 2.35. The molecule has 1 atom stereocenters. The van der Waals surface area contributed by atoms with Gasteiger partial charge in [0, 0.05) is 5.56 Å². The second kappa shape index (κ2) is 5.54. The van der Waals surface area contributed by atoms with Gasteiger partial charge in [-0.15, -0.1) is 0 Å². The minimum atomic E-state index is -1.50. The van der Waals surface area contributed by atoms with Crippen molar-refractivity contribution in [1.82, 2.24) is 0 Å². The Labute approximate surface area is 128 Å². The molecule has 0 aliphatic rings. The van der Waals surface area contributed by atoms with E-state index in [1.807, 2.05) is 18.2 Å². The number of aromatic hydroxyl groups is 2. The van der Waals surface area contributed by atoms with E-state index in [1.54, 1.807) is 48.5 Å². The largest absolute Gasteiger partial charge is 0.508 e. The monoisotopic (exact) mass is 292 g/mol. The molecule has 0 heterocycles. The highest BCUT2D eigenvalue weighted by molar-refractivity contribution is 5.52. The first-order valence-electron chi connectivity index (χ1n) is 6.98. The topological polar surface area (TPSA) is 60.7 Å². The standard InChI is InChI=1S/C19H16O3/c20-16-12-10-15(11-13-16)19(22,14-6-2-1-3-7-14)17-8-4-5-9-18(17)21/h1-13,20-22H. The van der Waals surface area contributed by atoms with Crippen LogP contribution in [0, 0.1) is 0 Å². The summed E-state index contributed by atoms with van der Waals surface area (Å²) in [6.45, 7) is 0. The molecule has 0 aromatic heterocycles. The van der Waals surface area contributed by atoms with Gasteiger partial charge in [-0.25, -0.2) is 0 Å². The number of hydrogen-bond donors (Lipinski definition) is 3. The van der Waals surface area contributed by atoms with Crippen molar-refractivity contribution < 1.29 is 15.3 Å². The zero-order valence-corrected chi connectivity index (χ0v) is 11.8. The molecule has 0 spiro atoms. The Morgan fingerprint density at radius 2 is 1.14 bits per heavy atom. The van der Waals surface area contributed by atoms with Crippen molar-refractivity contribution >= 4 is 0 Å². The van der Waals surface area contributed by atoms with Crippen LogP contribution in [0.3, 0.4) is 0 Å². The summed E-state index contributed by atoms with van der Waals surface area (Å²) < 4.78 is 0. The van der Waals surface area contributed by atoms with Crippen LogP contribution in [-0.4, -0.2) is 15.3 Å². The van der Waals surface area contributed by atoms with Gasteiger partial charge in [0.2, 0.25) is 0 Å². The normalized spacial score (nSPS) is 13.5. The third-order valence-electron chi connectivity index (χ3n) is 3.77. The van der Waals surface area contributed by atoms with E-state index >= 15 is 0 Å². The van der Waals surface area contributed by atoms with Crippen LogP contribution in [0.1, 0.15) is 16.7 Å². The predicted octanol–water partition coefficient (Wildman–Crippen LogP) is 3.38. The second-order valence-electron chi connectivity index (χ2n) is 5.14. The molecule has 0 saturated heterocycles. The first-order chi connectivity index (χ1) is 10.6. The van der Waals surface area contributed by atoms with E-state index in [0.29, 0.717) is 16.7 Å². The molecule has 3 nitrogen and oxygen atoms in total. The number of hydrogen-bond acceptors (Lipinski definition) is 3. The van der Waals surface area contributed by atoms with Crippen LogP contribution in [0.5, 0.6) is 11.5 Å². The molecule has 3 N–H and O–H groups in total. The Morgan fingerprint density at radius 3 is 1.77 bits per heavy atom. The molecule has 0 radical (unpaired) electrons. The number of rotatable bonds is 3. The summed E-state index contributed by atoms with van der Waals surface area (Å²) in [5, 5.41) is 31.2. The van der Waals surface area contributed by atoms with Gasteiger partial charge < -0.3 is 15.3 Å². The number of aliphatic hydroxyl groups is 1. The molecule has 3 aromatic rings. The molecule has 0 aliphatic heterocycles. The zero-order chi connectivity index (χ0) is 15.6. The molecule has 0 amide bonds. The molecule has 0 fully saturated rings. The summed E-state index contributed by atoms with van der Waals surface area (Å²) in [5.41, 5.74) is 0.104. The third-order valence-corrected chi connectivity index (χ3v) is 3.77. The molecule has 3 rings (SSSR count). The first-order valence-corrected chi connectivity index (χ1v) is 6.98. The Hall–Kier alpha value is -2.78. The Kier molecular flexibility index (Phi) is 3.57. The van der Waals surface area contributed by atoms with Gasteiger partial charge in [0.05, 0.1) is 0 Å². The average Bonchev–Trinajstić information content (AvgIpc) is 2.56. The predicted molar refractivity (Wildman–Crippen MR) is 84.8 cm³/mol. The molecular weight excluding hydrogens is 276 g/mol. The van der Waals surface area contributed by atoms with Crippen molar-refractivity contribution in [2.75, 3.05) is 0 Å². The fourth-order valence-electron chi connectivity index (χ4n) is 2.64. The lowest BCUT2D eigenvalue weighted by Crippen LogP contribution is -2.28. The molecule has 0 saturated carbocycles. The molecule has 3 heteroatoms. The number of para-hydroxylation sites is 1. The van der Waals surface area contributed by atoms with Gasteiger partial charge in [-0.3, -0.25) is 0 Å². The van der Waals surface area contributed by atoms with Gasteiger partial charge in [-0.2, -0.15) is 0 Å². The Balaban J connectivity index is 2.27. The summed E-state index contributed by atoms with van der Waals surface area (Å²) in [7, 11) is 0. The van der Waals surface area contributed by atoms with Crippen LogP contribution in [-0.2, 0) is 5.60 Å². The Morgan fingerprint density at radius 1 is 0.591 bits per heavy atom. The summed E-state index contributed by atoms with van der Waals surface area (Å²) in [5.74, 6) is 0.137. The van der Waals surface area contributed by atoms with Crippen molar-refractivity contribution in [3.8, 4) is 11.5 Å². The van der Waals surface area contributed by atoms with Crippen molar-refractivity contribution in [2.45, 2.75) is 5.60 Å². The van der Waals surface area contributed by atoms with Gasteiger partial charge in [-0.1, -0.05) is 60.7 Å². The van der Waals surface area contributed by atoms with Gasteiger partial charge in [-0.05, 0) is 29.3 Å². The quantitative estimate of drug-likeness (QED) is 0.649. The zero-order valence-electron chi connectivity index (χ0n) is 11.8. The fourth-order valence-corrected chi connectivity index (χ4v) is 2.64. The van der Waals surface area contributed by atoms with Crippen molar-refractivity contribution in [2.24, 2.45) is 0 Å². The first kappa shape index (κ1) is 14.2. The number of phenolic OH excluding ortho intramolecular Hbond substituents is 2. The van der Waals surface area contributed by atoms with Crippen LogP contribution in [0.2, 0.25) is 0 Å². The van der Waals surface area contributed by atoms with Crippen LogP contribution < -0.4 is 0 Å². The lowest BCUT2D eigenvalue weighted by atomic mass is 9.80. The SMILES string of the molecule is Oc1ccc(C(O)(c2ccccc2)c2ccccc2O)cc1. The van der Waals surface area contributed by atoms with Crippen LogP contribution >= 0.6 is 0 Å². The fraction of sp³-hybridized carbons (Fsp3) is 0.0526. The molecule has 1 unspecified atom stereocenters. The minimum absolute atomic E-state index is 0.0157. The van der Waals surface area contributed by atoms with E-state index in [9.17, 15) is 15.3 Å². The smallest absolute Gasteiger partial charge is 0.144 e. The summed E-state index contributed by atoms with van der Waals surface area (Å²) >= 11 is 0. The van der Waals surface area contributed by atoms with Crippen molar-refractivity contribution in [1.29, 1.82) is 0 Å². The Bertz CT molecular complexity index is 766. The maximum Gasteiger partial charge on any atom is 0.144 e. The van der Waals surface area contributed by atoms with E-state index in [-0.39, 0.29) is 11.5 Å². The van der Waals surface area contributed by atoms with Crippen LogP contribution in [0.15, 0.2) is 78.9 Å². The summed E-state index contributed by atoms with van der Waals surface area (Å²) in [6, 6.07) is 22.2. The third kappa shape index (κ3) is 2.32. The maximum atomic E-state index is 11.5. The van der Waals surface area contributed by atoms with Crippen molar-refractivity contribution in [3.05, 3.63) is 95.6 Å². The van der Waals surface area contributed by atoms with Crippen molar-refractivity contribution in [3.63, 3.8) is 0 Å². The van der Waals surface area contributed by atoms with Gasteiger partial charge in [0.25, 0.3) is 0 Å². The van der Waals surface area contributed by atoms with E-state index in [2.05, 4.69) is 0 Å². The second-order valence-corrected chi connectivity index (χ2v) is 5.14. The lowest BCUT2D eigenvalue weighted by molar-refractivity contribution is 0.122. The van der Waals surface area contributed by atoms with Gasteiger partial charge in [0.1, 0.15) is 17.1 Å². The molecule has 22 heavy (non-hydrogen) atoms. The van der Waals surface area contributed by atoms with E-state index in [1.165, 1.54) is 12.1 Å². The van der Waals surface area contributed by atoms with E-state index < -0.39 is 5.60 Å². The molecule has 0 bridgehead atoms. The summed E-state index contributed by atoms with van der Waals surface area (Å²) in [4.78, 5) is 0. The van der Waals surface area contributed by atoms with Gasteiger partial charge >= 0.3 is 0 Å². The molecule has 3 aromatic carbocycles. The van der Waals surface area contributed by atoms with Crippen LogP contribution in [0.4, 0.5) is 0 Å². The minimum Gasteiger partial charge on any atom is -0.508 e. The van der Waals surface area contributed by atoms with E-state index in [4.69, 9.17) is 0 Å². The number of benzene rings is 3.